The van der Waals surface area contributed by atoms with Crippen LogP contribution in [-0.4, -0.2) is 15.0 Å². The molecule has 9 aromatic carbocycles. The maximum Gasteiger partial charge on any atom is 0.164 e. The molecule has 0 spiro atoms. The number of benzene rings is 9. The van der Waals surface area contributed by atoms with Gasteiger partial charge in [0.1, 0.15) is 22.3 Å². The molecule has 310 valence electrons. The smallest absolute Gasteiger partial charge is 0.164 e. The largest absolute Gasteiger partial charge is 0.456 e. The Hall–Kier alpha value is -8.19. The molecule has 1 aliphatic carbocycles. The van der Waals surface area contributed by atoms with Crippen molar-refractivity contribution in [2.45, 2.75) is 19.3 Å². The number of thiophene rings is 1. The molecule has 66 heavy (non-hydrogen) atoms. The first-order valence-electron chi connectivity index (χ1n) is 22.3. The van der Waals surface area contributed by atoms with Crippen LogP contribution in [0.3, 0.4) is 0 Å². The van der Waals surface area contributed by atoms with Crippen LogP contribution in [0.25, 0.3) is 132 Å². The summed E-state index contributed by atoms with van der Waals surface area (Å²) in [7, 11) is 0. The van der Waals surface area contributed by atoms with Crippen LogP contribution in [0.2, 0.25) is 0 Å². The maximum absolute atomic E-state index is 6.64. The molecule has 6 heteroatoms. The van der Waals surface area contributed by atoms with Crippen molar-refractivity contribution in [3.63, 3.8) is 0 Å². The quantitative estimate of drug-likeness (QED) is 0.172. The van der Waals surface area contributed by atoms with E-state index in [9.17, 15) is 0 Å². The molecule has 0 saturated carbocycles. The number of para-hydroxylation sites is 1. The summed E-state index contributed by atoms with van der Waals surface area (Å²) in [4.78, 5) is 16.1. The zero-order valence-corrected chi connectivity index (χ0v) is 36.8. The second kappa shape index (κ2) is 13.9. The average molecular weight is 864 g/mol. The van der Waals surface area contributed by atoms with Crippen molar-refractivity contribution in [3.8, 4) is 67.5 Å². The van der Waals surface area contributed by atoms with E-state index in [2.05, 4.69) is 159 Å². The van der Waals surface area contributed by atoms with Gasteiger partial charge in [-0.15, -0.1) is 11.3 Å². The second-order valence-electron chi connectivity index (χ2n) is 17.8. The number of nitrogens with zero attached hydrogens (tertiary/aromatic N) is 3. The van der Waals surface area contributed by atoms with E-state index in [1.807, 2.05) is 42.5 Å². The lowest BCUT2D eigenvalue weighted by molar-refractivity contribution is 0.662. The van der Waals surface area contributed by atoms with E-state index < -0.39 is 0 Å². The summed E-state index contributed by atoms with van der Waals surface area (Å²) < 4.78 is 15.4. The molecular weight excluding hydrogens is 827 g/mol. The van der Waals surface area contributed by atoms with Crippen molar-refractivity contribution in [2.24, 2.45) is 0 Å². The van der Waals surface area contributed by atoms with Crippen molar-refractivity contribution in [1.29, 1.82) is 0 Å². The summed E-state index contributed by atoms with van der Waals surface area (Å²) in [5, 5.41) is 6.27. The lowest BCUT2D eigenvalue weighted by Crippen LogP contribution is -2.16. The third-order valence-electron chi connectivity index (χ3n) is 13.7. The highest BCUT2D eigenvalue weighted by Gasteiger charge is 2.37. The molecule has 0 atom stereocenters. The fraction of sp³-hybridized carbons (Fsp3) is 0.0500. The molecule has 0 bridgehead atoms. The Balaban J connectivity index is 0.968. The Morgan fingerprint density at radius 2 is 0.879 bits per heavy atom. The minimum Gasteiger partial charge on any atom is -0.456 e. The van der Waals surface area contributed by atoms with Crippen molar-refractivity contribution >= 4 is 75.4 Å². The number of aromatic nitrogens is 3. The summed E-state index contributed by atoms with van der Waals surface area (Å²) in [6.45, 7) is 4.70. The molecule has 1 aliphatic rings. The molecule has 13 aromatic rings. The van der Waals surface area contributed by atoms with Gasteiger partial charge in [0.05, 0.1) is 0 Å². The van der Waals surface area contributed by atoms with Gasteiger partial charge in [0.2, 0.25) is 0 Å². The van der Waals surface area contributed by atoms with Crippen LogP contribution < -0.4 is 0 Å². The minimum absolute atomic E-state index is 0.124. The van der Waals surface area contributed by atoms with Crippen LogP contribution in [0.15, 0.2) is 197 Å². The number of furan rings is 2. The minimum atomic E-state index is -0.124. The molecular formula is C60H37N3O2S. The van der Waals surface area contributed by atoms with Crippen molar-refractivity contribution < 1.29 is 8.83 Å². The number of hydrogen-bond donors (Lipinski definition) is 0. The molecule has 14 rings (SSSR count). The fourth-order valence-corrected chi connectivity index (χ4v) is 11.9. The van der Waals surface area contributed by atoms with Crippen LogP contribution in [0.4, 0.5) is 0 Å². The Bertz CT molecular complexity index is 4040. The molecule has 0 unspecified atom stereocenters. The molecule has 0 aliphatic heterocycles. The number of hydrogen-bond acceptors (Lipinski definition) is 6. The van der Waals surface area contributed by atoms with E-state index in [-0.39, 0.29) is 5.41 Å². The van der Waals surface area contributed by atoms with Crippen LogP contribution in [-0.2, 0) is 5.41 Å². The SMILES string of the molecule is CC1(C)c2ccccc2-c2cccc(-c3cccc(-c4ccc5oc6cccc(-c7nc(-c8cccc9oc%10ccccc%10c89)nc(-c8cccc9sc%10ccccc%10c89)n7)c6c5c4)c3)c21. The number of fused-ring (bicyclic) bond motifs is 12. The summed E-state index contributed by atoms with van der Waals surface area (Å²) in [5.41, 5.74) is 15.9. The van der Waals surface area contributed by atoms with Gasteiger partial charge in [-0.25, -0.2) is 15.0 Å². The second-order valence-corrected chi connectivity index (χ2v) is 18.9. The van der Waals surface area contributed by atoms with E-state index in [0.29, 0.717) is 17.5 Å². The van der Waals surface area contributed by atoms with Crippen molar-refractivity contribution in [1.82, 2.24) is 15.0 Å². The van der Waals surface area contributed by atoms with Gasteiger partial charge in [0.15, 0.2) is 17.5 Å². The van der Waals surface area contributed by atoms with Crippen molar-refractivity contribution in [3.05, 3.63) is 199 Å². The Morgan fingerprint density at radius 3 is 1.67 bits per heavy atom. The summed E-state index contributed by atoms with van der Waals surface area (Å²) in [5.74, 6) is 1.75. The summed E-state index contributed by atoms with van der Waals surface area (Å²) in [6.07, 6.45) is 0. The van der Waals surface area contributed by atoms with Gasteiger partial charge >= 0.3 is 0 Å². The van der Waals surface area contributed by atoms with Gasteiger partial charge < -0.3 is 8.83 Å². The normalized spacial score (nSPS) is 13.1. The molecule has 0 N–H and O–H groups in total. The van der Waals surface area contributed by atoms with Crippen LogP contribution in [0.1, 0.15) is 25.0 Å². The lowest BCUT2D eigenvalue weighted by atomic mass is 9.78. The molecule has 0 radical (unpaired) electrons. The van der Waals surface area contributed by atoms with E-state index in [1.165, 1.54) is 48.2 Å². The lowest BCUT2D eigenvalue weighted by Gasteiger charge is -2.24. The van der Waals surface area contributed by atoms with Gasteiger partial charge in [0, 0.05) is 63.8 Å². The van der Waals surface area contributed by atoms with Crippen LogP contribution in [0.5, 0.6) is 0 Å². The van der Waals surface area contributed by atoms with E-state index in [1.54, 1.807) is 11.3 Å². The first-order valence-corrected chi connectivity index (χ1v) is 23.2. The van der Waals surface area contributed by atoms with Crippen LogP contribution >= 0.6 is 11.3 Å². The summed E-state index contributed by atoms with van der Waals surface area (Å²) in [6, 6.07) is 66.5. The topological polar surface area (TPSA) is 65.0 Å². The standard InChI is InChI=1S/C60H37N3O2S/c1-60(2)46-24-6-3-16-38(46)39-20-10-19-37(56(39)60)36-15-9-14-34(32-36)35-30-31-48-45(33-35)54-43(22-12-27-50(54)65-48)58-61-57(42-21-11-26-49-53(42)40-17-4-7-25-47(40)64-49)62-59(63-58)44-23-13-29-52-55(44)41-18-5-8-28-51(41)66-52/h3-33H,1-2H3. The van der Waals surface area contributed by atoms with Gasteiger partial charge in [-0.1, -0.05) is 153 Å². The zero-order valence-electron chi connectivity index (χ0n) is 36.0. The molecule has 0 fully saturated rings. The first-order chi connectivity index (χ1) is 32.5. The third kappa shape index (κ3) is 5.42. The molecule has 4 heterocycles. The first kappa shape index (κ1) is 37.2. The fourth-order valence-electron chi connectivity index (χ4n) is 10.8. The molecule has 4 aromatic heterocycles. The average Bonchev–Trinajstić information content (AvgIpc) is 4.12. The molecule has 5 nitrogen and oxygen atoms in total. The Morgan fingerprint density at radius 1 is 0.364 bits per heavy atom. The highest BCUT2D eigenvalue weighted by molar-refractivity contribution is 7.25. The Labute approximate surface area is 383 Å². The maximum atomic E-state index is 6.64. The highest BCUT2D eigenvalue weighted by Crippen LogP contribution is 2.52. The predicted octanol–water partition coefficient (Wildman–Crippen LogP) is 16.7. The van der Waals surface area contributed by atoms with Gasteiger partial charge in [-0.05, 0) is 93.0 Å². The monoisotopic (exact) mass is 863 g/mol. The van der Waals surface area contributed by atoms with Gasteiger partial charge in [0.25, 0.3) is 0 Å². The van der Waals surface area contributed by atoms with E-state index in [4.69, 9.17) is 23.8 Å². The Kier molecular flexibility index (Phi) is 7.84. The van der Waals surface area contributed by atoms with Crippen molar-refractivity contribution in [2.75, 3.05) is 0 Å². The number of rotatable bonds is 5. The van der Waals surface area contributed by atoms with Crippen LogP contribution in [0, 0.1) is 0 Å². The van der Waals surface area contributed by atoms with Gasteiger partial charge in [-0.2, -0.15) is 0 Å². The third-order valence-corrected chi connectivity index (χ3v) is 14.9. The highest BCUT2D eigenvalue weighted by atomic mass is 32.1. The summed E-state index contributed by atoms with van der Waals surface area (Å²) >= 11 is 1.79. The van der Waals surface area contributed by atoms with E-state index >= 15 is 0 Å². The van der Waals surface area contributed by atoms with Gasteiger partial charge in [-0.3, -0.25) is 0 Å². The zero-order chi connectivity index (χ0) is 43.7. The predicted molar refractivity (Wildman–Crippen MR) is 272 cm³/mol. The molecule has 0 amide bonds. The molecule has 0 saturated heterocycles. The van der Waals surface area contributed by atoms with E-state index in [0.717, 1.165) is 77.1 Å².